The maximum Gasteiger partial charge on any atom is 0.238 e. The minimum Gasteiger partial charge on any atom is -0.496 e. The molecule has 1 saturated heterocycles. The number of hydrogen-bond donors (Lipinski definition) is 1. The van der Waals surface area contributed by atoms with E-state index in [1.165, 1.54) is 6.42 Å². The van der Waals surface area contributed by atoms with E-state index in [1.54, 1.807) is 7.11 Å². The van der Waals surface area contributed by atoms with Gasteiger partial charge in [-0.15, -0.1) is 0 Å². The van der Waals surface area contributed by atoms with Crippen LogP contribution < -0.4 is 10.1 Å². The number of carbonyl (C=O) groups excluding carboxylic acids is 1. The van der Waals surface area contributed by atoms with Gasteiger partial charge >= 0.3 is 0 Å². The number of nitrogens with one attached hydrogen (secondary N) is 1. The summed E-state index contributed by atoms with van der Waals surface area (Å²) in [7, 11) is 1.69. The van der Waals surface area contributed by atoms with Crippen molar-refractivity contribution < 1.29 is 9.53 Å². The van der Waals surface area contributed by atoms with Crippen LogP contribution in [0.4, 0.5) is 0 Å². The lowest BCUT2D eigenvalue weighted by Gasteiger charge is -2.31. The number of hydrogen-bond acceptors (Lipinski definition) is 3. The smallest absolute Gasteiger partial charge is 0.238 e. The highest BCUT2D eigenvalue weighted by Crippen LogP contribution is 2.36. The number of benzene rings is 1. The lowest BCUT2D eigenvalue weighted by atomic mass is 10.1. The van der Waals surface area contributed by atoms with Gasteiger partial charge in [0.05, 0.1) is 13.7 Å². The van der Waals surface area contributed by atoms with E-state index in [4.69, 9.17) is 4.74 Å². The predicted molar refractivity (Wildman–Crippen MR) is 82.1 cm³/mol. The average molecular weight is 288 g/mol. The van der Waals surface area contributed by atoms with Gasteiger partial charge in [0.25, 0.3) is 0 Å². The van der Waals surface area contributed by atoms with E-state index < -0.39 is 0 Å². The summed E-state index contributed by atoms with van der Waals surface area (Å²) in [5, 5.41) is 3.36. The van der Waals surface area contributed by atoms with Crippen molar-refractivity contribution in [1.82, 2.24) is 10.2 Å². The van der Waals surface area contributed by atoms with Gasteiger partial charge in [0.15, 0.2) is 0 Å². The number of rotatable bonds is 3. The van der Waals surface area contributed by atoms with Gasteiger partial charge in [0.2, 0.25) is 5.91 Å². The second kappa shape index (κ2) is 5.68. The van der Waals surface area contributed by atoms with Crippen molar-refractivity contribution in [2.45, 2.75) is 45.3 Å². The summed E-state index contributed by atoms with van der Waals surface area (Å²) in [5.41, 5.74) is 2.26. The molecule has 2 aliphatic rings. The fourth-order valence-electron chi connectivity index (χ4n) is 3.71. The highest BCUT2D eigenvalue weighted by Gasteiger charge is 2.39. The summed E-state index contributed by atoms with van der Waals surface area (Å²) < 4.78 is 5.32. The molecule has 1 aromatic rings. The first-order chi connectivity index (χ1) is 10.1. The molecule has 3 rings (SSSR count). The Morgan fingerprint density at radius 1 is 1.33 bits per heavy atom. The zero-order chi connectivity index (χ0) is 15.0. The molecular weight excluding hydrogens is 264 g/mol. The van der Waals surface area contributed by atoms with Gasteiger partial charge in [-0.1, -0.05) is 13.0 Å². The Hall–Kier alpha value is -1.55. The molecule has 4 heteroatoms. The van der Waals surface area contributed by atoms with Crippen LogP contribution in [-0.2, 0) is 4.79 Å². The first-order valence-electron chi connectivity index (χ1n) is 7.79. The third-order valence-electron chi connectivity index (χ3n) is 4.81. The SMILES string of the molecule is COc1ccc(C2NCC(=O)N2C2CCC(C)C2)cc1C. The van der Waals surface area contributed by atoms with Crippen molar-refractivity contribution in [3.63, 3.8) is 0 Å². The Balaban J connectivity index is 1.86. The fourth-order valence-corrected chi connectivity index (χ4v) is 3.71. The van der Waals surface area contributed by atoms with Crippen molar-refractivity contribution in [1.29, 1.82) is 0 Å². The molecule has 1 amide bonds. The maximum absolute atomic E-state index is 12.3. The van der Waals surface area contributed by atoms with E-state index in [2.05, 4.69) is 29.3 Å². The van der Waals surface area contributed by atoms with Crippen LogP contribution in [0.5, 0.6) is 5.75 Å². The van der Waals surface area contributed by atoms with Gasteiger partial charge in [0.1, 0.15) is 11.9 Å². The predicted octanol–water partition coefficient (Wildman–Crippen LogP) is 2.62. The average Bonchev–Trinajstić information content (AvgIpc) is 3.04. The largest absolute Gasteiger partial charge is 0.496 e. The molecule has 1 aliphatic heterocycles. The third kappa shape index (κ3) is 2.64. The van der Waals surface area contributed by atoms with Crippen LogP contribution in [0, 0.1) is 12.8 Å². The minimum atomic E-state index is 0.0115. The van der Waals surface area contributed by atoms with Gasteiger partial charge in [-0.25, -0.2) is 0 Å². The molecule has 2 fully saturated rings. The van der Waals surface area contributed by atoms with Gasteiger partial charge < -0.3 is 9.64 Å². The number of nitrogens with zero attached hydrogens (tertiary/aromatic N) is 1. The Bertz CT molecular complexity index is 544. The number of methoxy groups -OCH3 is 1. The second-order valence-corrected chi connectivity index (χ2v) is 6.39. The lowest BCUT2D eigenvalue weighted by molar-refractivity contribution is -0.130. The van der Waals surface area contributed by atoms with Crippen LogP contribution in [-0.4, -0.2) is 30.5 Å². The highest BCUT2D eigenvalue weighted by atomic mass is 16.5. The van der Waals surface area contributed by atoms with E-state index >= 15 is 0 Å². The Morgan fingerprint density at radius 2 is 2.14 bits per heavy atom. The second-order valence-electron chi connectivity index (χ2n) is 6.39. The first-order valence-corrected chi connectivity index (χ1v) is 7.79. The van der Waals surface area contributed by atoms with Gasteiger partial charge in [-0.2, -0.15) is 0 Å². The van der Waals surface area contributed by atoms with Gasteiger partial charge in [-0.3, -0.25) is 10.1 Å². The zero-order valence-electron chi connectivity index (χ0n) is 13.1. The van der Waals surface area contributed by atoms with Crippen molar-refractivity contribution in [2.75, 3.05) is 13.7 Å². The molecule has 21 heavy (non-hydrogen) atoms. The quantitative estimate of drug-likeness (QED) is 0.929. The van der Waals surface area contributed by atoms with Crippen LogP contribution in [0.2, 0.25) is 0 Å². The summed E-state index contributed by atoms with van der Waals surface area (Å²) in [5.74, 6) is 1.85. The summed E-state index contributed by atoms with van der Waals surface area (Å²) in [4.78, 5) is 14.4. The van der Waals surface area contributed by atoms with Crippen molar-refractivity contribution in [2.24, 2.45) is 5.92 Å². The maximum atomic E-state index is 12.3. The van der Waals surface area contributed by atoms with Gasteiger partial charge in [0, 0.05) is 6.04 Å². The number of ether oxygens (including phenoxy) is 1. The minimum absolute atomic E-state index is 0.0115. The molecule has 0 spiro atoms. The summed E-state index contributed by atoms with van der Waals surface area (Å²) >= 11 is 0. The lowest BCUT2D eigenvalue weighted by Crippen LogP contribution is -2.38. The fraction of sp³-hybridized carbons (Fsp3) is 0.588. The Labute approximate surface area is 126 Å². The summed E-state index contributed by atoms with van der Waals surface area (Å²) in [6, 6.07) is 6.56. The molecule has 1 aromatic carbocycles. The van der Waals surface area contributed by atoms with Crippen LogP contribution in [0.25, 0.3) is 0 Å². The van der Waals surface area contributed by atoms with E-state index in [1.807, 2.05) is 13.0 Å². The van der Waals surface area contributed by atoms with E-state index in [-0.39, 0.29) is 12.1 Å². The topological polar surface area (TPSA) is 41.6 Å². The first kappa shape index (κ1) is 14.4. The van der Waals surface area contributed by atoms with Crippen LogP contribution >= 0.6 is 0 Å². The molecule has 114 valence electrons. The molecule has 0 bridgehead atoms. The highest BCUT2D eigenvalue weighted by molar-refractivity contribution is 5.81. The Kier molecular flexibility index (Phi) is 3.89. The van der Waals surface area contributed by atoms with Crippen LogP contribution in [0.1, 0.15) is 43.5 Å². The van der Waals surface area contributed by atoms with Crippen molar-refractivity contribution >= 4 is 5.91 Å². The zero-order valence-corrected chi connectivity index (χ0v) is 13.1. The standard InChI is InChI=1S/C17H24N2O2/c1-11-4-6-14(8-11)19-16(20)10-18-17(19)13-5-7-15(21-3)12(2)9-13/h5,7,9,11,14,17-18H,4,6,8,10H2,1-3H3. The monoisotopic (exact) mass is 288 g/mol. The van der Waals surface area contributed by atoms with Crippen LogP contribution in [0.3, 0.4) is 0 Å². The molecule has 4 nitrogen and oxygen atoms in total. The molecule has 0 radical (unpaired) electrons. The molecule has 1 saturated carbocycles. The molecular formula is C17H24N2O2. The van der Waals surface area contributed by atoms with Gasteiger partial charge in [-0.05, 0) is 55.4 Å². The molecule has 0 aromatic heterocycles. The Morgan fingerprint density at radius 3 is 2.76 bits per heavy atom. The van der Waals surface area contributed by atoms with Crippen molar-refractivity contribution in [3.8, 4) is 5.75 Å². The normalized spacial score (nSPS) is 29.2. The number of aryl methyl sites for hydroxylation is 1. The molecule has 3 atom stereocenters. The van der Waals surface area contributed by atoms with E-state index in [0.717, 1.165) is 35.6 Å². The molecule has 1 heterocycles. The van der Waals surface area contributed by atoms with Crippen molar-refractivity contribution in [3.05, 3.63) is 29.3 Å². The molecule has 1 aliphatic carbocycles. The number of amides is 1. The summed E-state index contributed by atoms with van der Waals surface area (Å²) in [6.45, 7) is 4.77. The van der Waals surface area contributed by atoms with E-state index in [0.29, 0.717) is 12.6 Å². The number of carbonyl (C=O) groups is 1. The van der Waals surface area contributed by atoms with Crippen LogP contribution in [0.15, 0.2) is 18.2 Å². The van der Waals surface area contributed by atoms with E-state index in [9.17, 15) is 4.79 Å². The third-order valence-corrected chi connectivity index (χ3v) is 4.81. The summed E-state index contributed by atoms with van der Waals surface area (Å²) in [6.07, 6.45) is 3.49. The molecule has 3 unspecified atom stereocenters. The molecule has 1 N–H and O–H groups in total.